The molecular formula is C14H18N2O2. The minimum Gasteiger partial charge on any atom is -0.468 e. The first-order valence-corrected chi connectivity index (χ1v) is 5.93. The Morgan fingerprint density at radius 2 is 2.17 bits per heavy atom. The average molecular weight is 246 g/mol. The van der Waals surface area contributed by atoms with E-state index in [0.29, 0.717) is 6.54 Å². The summed E-state index contributed by atoms with van der Waals surface area (Å²) in [6.07, 6.45) is 1.92. The lowest BCUT2D eigenvalue weighted by atomic mass is 10.0. The Balaban J connectivity index is 2.15. The quantitative estimate of drug-likeness (QED) is 0.813. The van der Waals surface area contributed by atoms with E-state index < -0.39 is 5.54 Å². The Morgan fingerprint density at radius 1 is 1.39 bits per heavy atom. The Hall–Kier alpha value is -1.81. The number of ether oxygens (including phenoxy) is 1. The second-order valence-corrected chi connectivity index (χ2v) is 4.83. The molecule has 2 rings (SSSR count). The van der Waals surface area contributed by atoms with Crippen LogP contribution in [0.3, 0.4) is 0 Å². The zero-order valence-electron chi connectivity index (χ0n) is 10.9. The molecule has 18 heavy (non-hydrogen) atoms. The smallest absolute Gasteiger partial charge is 0.325 e. The summed E-state index contributed by atoms with van der Waals surface area (Å²) in [4.78, 5) is 14.7. The highest BCUT2D eigenvalue weighted by molar-refractivity contribution is 5.83. The third-order valence-corrected chi connectivity index (χ3v) is 3.10. The van der Waals surface area contributed by atoms with Crippen LogP contribution in [0, 0.1) is 0 Å². The van der Waals surface area contributed by atoms with Gasteiger partial charge in [0.1, 0.15) is 5.54 Å². The number of H-pyrrole nitrogens is 1. The van der Waals surface area contributed by atoms with Crippen molar-refractivity contribution >= 4 is 16.9 Å². The standard InChI is InChI=1S/C14H18N2O2/c1-14(2,13(17)18-3)16-9-10-5-4-6-12-11(10)7-8-15-12/h4-8,15-16H,9H2,1-3H3. The molecule has 0 aliphatic rings. The number of benzene rings is 1. The summed E-state index contributed by atoms with van der Waals surface area (Å²) >= 11 is 0. The first kappa shape index (κ1) is 12.6. The van der Waals surface area contributed by atoms with Crippen LogP contribution in [-0.2, 0) is 16.1 Å². The minimum absolute atomic E-state index is 0.260. The van der Waals surface area contributed by atoms with Crippen molar-refractivity contribution in [2.75, 3.05) is 7.11 Å². The lowest BCUT2D eigenvalue weighted by Crippen LogP contribution is -2.46. The van der Waals surface area contributed by atoms with Gasteiger partial charge in [-0.25, -0.2) is 0 Å². The molecule has 0 saturated carbocycles. The summed E-state index contributed by atoms with van der Waals surface area (Å²) in [5, 5.41) is 4.39. The number of rotatable bonds is 4. The van der Waals surface area contributed by atoms with Gasteiger partial charge in [0.15, 0.2) is 0 Å². The second kappa shape index (κ2) is 4.82. The van der Waals surface area contributed by atoms with E-state index in [9.17, 15) is 4.79 Å². The number of hydrogen-bond donors (Lipinski definition) is 2. The number of hydrogen-bond acceptors (Lipinski definition) is 3. The zero-order valence-corrected chi connectivity index (χ0v) is 10.9. The molecule has 0 bridgehead atoms. The van der Waals surface area contributed by atoms with Crippen molar-refractivity contribution in [1.82, 2.24) is 10.3 Å². The molecule has 0 radical (unpaired) electrons. The van der Waals surface area contributed by atoms with Crippen molar-refractivity contribution in [1.29, 1.82) is 0 Å². The molecule has 96 valence electrons. The summed E-state index contributed by atoms with van der Waals surface area (Å²) in [7, 11) is 1.40. The monoisotopic (exact) mass is 246 g/mol. The molecule has 2 aromatic rings. The van der Waals surface area contributed by atoms with Crippen LogP contribution in [-0.4, -0.2) is 23.6 Å². The van der Waals surface area contributed by atoms with Crippen molar-refractivity contribution < 1.29 is 9.53 Å². The molecule has 0 saturated heterocycles. The van der Waals surface area contributed by atoms with Crippen LogP contribution in [0.2, 0.25) is 0 Å². The van der Waals surface area contributed by atoms with Crippen molar-refractivity contribution in [3.05, 3.63) is 36.0 Å². The van der Waals surface area contributed by atoms with Crippen molar-refractivity contribution in [3.8, 4) is 0 Å². The van der Waals surface area contributed by atoms with Gasteiger partial charge >= 0.3 is 5.97 Å². The normalized spacial score (nSPS) is 11.7. The maximum Gasteiger partial charge on any atom is 0.325 e. The molecule has 0 atom stereocenters. The average Bonchev–Trinajstić information content (AvgIpc) is 2.84. The van der Waals surface area contributed by atoms with Crippen LogP contribution in [0.1, 0.15) is 19.4 Å². The van der Waals surface area contributed by atoms with E-state index in [4.69, 9.17) is 4.74 Å². The summed E-state index contributed by atoms with van der Waals surface area (Å²) in [5.74, 6) is -0.260. The van der Waals surface area contributed by atoms with E-state index >= 15 is 0 Å². The van der Waals surface area contributed by atoms with Crippen LogP contribution in [0.4, 0.5) is 0 Å². The highest BCUT2D eigenvalue weighted by Gasteiger charge is 2.27. The van der Waals surface area contributed by atoms with Gasteiger partial charge < -0.3 is 9.72 Å². The van der Waals surface area contributed by atoms with Crippen molar-refractivity contribution in [2.45, 2.75) is 25.9 Å². The van der Waals surface area contributed by atoms with Crippen LogP contribution >= 0.6 is 0 Å². The van der Waals surface area contributed by atoms with Gasteiger partial charge in [0.2, 0.25) is 0 Å². The molecule has 0 amide bonds. The van der Waals surface area contributed by atoms with E-state index in [1.165, 1.54) is 12.5 Å². The molecule has 0 aliphatic carbocycles. The molecule has 0 spiro atoms. The largest absolute Gasteiger partial charge is 0.468 e. The lowest BCUT2D eigenvalue weighted by molar-refractivity contribution is -0.147. The second-order valence-electron chi connectivity index (χ2n) is 4.83. The Kier molecular flexibility index (Phi) is 3.39. The number of aromatic nitrogens is 1. The topological polar surface area (TPSA) is 54.1 Å². The SMILES string of the molecule is COC(=O)C(C)(C)NCc1cccc2[nH]ccc12. The van der Waals surface area contributed by atoms with Gasteiger partial charge in [0, 0.05) is 23.6 Å². The zero-order chi connectivity index (χ0) is 13.2. The van der Waals surface area contributed by atoms with Crippen molar-refractivity contribution in [2.24, 2.45) is 0 Å². The fourth-order valence-electron chi connectivity index (χ4n) is 1.95. The minimum atomic E-state index is -0.687. The lowest BCUT2D eigenvalue weighted by Gasteiger charge is -2.23. The van der Waals surface area contributed by atoms with E-state index in [1.807, 2.05) is 38.2 Å². The van der Waals surface area contributed by atoms with E-state index in [-0.39, 0.29) is 5.97 Å². The highest BCUT2D eigenvalue weighted by atomic mass is 16.5. The fourth-order valence-corrected chi connectivity index (χ4v) is 1.95. The van der Waals surface area contributed by atoms with Gasteiger partial charge in [0.05, 0.1) is 7.11 Å². The van der Waals surface area contributed by atoms with E-state index in [0.717, 1.165) is 11.1 Å². The molecule has 1 aromatic heterocycles. The summed E-state index contributed by atoms with van der Waals surface area (Å²) in [5.41, 5.74) is 1.57. The summed E-state index contributed by atoms with van der Waals surface area (Å²) in [6.45, 7) is 4.25. The van der Waals surface area contributed by atoms with Gasteiger partial charge in [-0.2, -0.15) is 0 Å². The number of carbonyl (C=O) groups is 1. The first-order valence-electron chi connectivity index (χ1n) is 5.93. The maximum atomic E-state index is 11.6. The first-order chi connectivity index (χ1) is 8.54. The maximum absolute atomic E-state index is 11.6. The highest BCUT2D eigenvalue weighted by Crippen LogP contribution is 2.18. The predicted octanol–water partition coefficient (Wildman–Crippen LogP) is 2.21. The molecule has 1 aromatic carbocycles. The molecule has 1 heterocycles. The molecule has 0 aliphatic heterocycles. The summed E-state index contributed by atoms with van der Waals surface area (Å²) in [6, 6.07) is 8.12. The molecule has 0 unspecified atom stereocenters. The van der Waals surface area contributed by atoms with Crippen molar-refractivity contribution in [3.63, 3.8) is 0 Å². The number of fused-ring (bicyclic) bond motifs is 1. The molecule has 4 nitrogen and oxygen atoms in total. The Bertz CT molecular complexity index is 558. The van der Waals surface area contributed by atoms with Gasteiger partial charge in [-0.3, -0.25) is 10.1 Å². The number of carbonyl (C=O) groups excluding carboxylic acids is 1. The number of methoxy groups -OCH3 is 1. The van der Waals surface area contributed by atoms with Crippen LogP contribution < -0.4 is 5.32 Å². The third kappa shape index (κ3) is 2.38. The van der Waals surface area contributed by atoms with E-state index in [2.05, 4.69) is 16.4 Å². The number of aromatic amines is 1. The number of esters is 1. The van der Waals surface area contributed by atoms with Gasteiger partial charge in [0.25, 0.3) is 0 Å². The molecular weight excluding hydrogens is 228 g/mol. The van der Waals surface area contributed by atoms with Gasteiger partial charge in [-0.15, -0.1) is 0 Å². The summed E-state index contributed by atoms with van der Waals surface area (Å²) < 4.78 is 4.77. The van der Waals surface area contributed by atoms with E-state index in [1.54, 1.807) is 0 Å². The third-order valence-electron chi connectivity index (χ3n) is 3.10. The van der Waals surface area contributed by atoms with Gasteiger partial charge in [-0.1, -0.05) is 12.1 Å². The molecule has 2 N–H and O–H groups in total. The van der Waals surface area contributed by atoms with Gasteiger partial charge in [-0.05, 0) is 31.5 Å². The molecule has 0 fully saturated rings. The van der Waals surface area contributed by atoms with Crippen LogP contribution in [0.5, 0.6) is 0 Å². The Labute approximate surface area is 106 Å². The fraction of sp³-hybridized carbons (Fsp3) is 0.357. The van der Waals surface area contributed by atoms with Crippen LogP contribution in [0.25, 0.3) is 10.9 Å². The molecule has 4 heteroatoms. The van der Waals surface area contributed by atoms with Crippen LogP contribution in [0.15, 0.2) is 30.5 Å². The Morgan fingerprint density at radius 3 is 2.89 bits per heavy atom. The predicted molar refractivity (Wildman–Crippen MR) is 71.2 cm³/mol. The number of nitrogens with one attached hydrogen (secondary N) is 2.